The predicted molar refractivity (Wildman–Crippen MR) is 130 cm³/mol. The molecule has 1 aromatic heterocycles. The second-order valence-electron chi connectivity index (χ2n) is 8.08. The number of ether oxygens (including phenoxy) is 2. The van der Waals surface area contributed by atoms with Gasteiger partial charge in [0, 0.05) is 38.3 Å². The van der Waals surface area contributed by atoms with Crippen LogP contribution in [0.5, 0.6) is 11.5 Å². The summed E-state index contributed by atoms with van der Waals surface area (Å²) in [5.74, 6) is 1.42. The van der Waals surface area contributed by atoms with Gasteiger partial charge in [-0.2, -0.15) is 4.31 Å². The number of anilines is 1. The Balaban J connectivity index is 1.94. The molecule has 9 nitrogen and oxygen atoms in total. The summed E-state index contributed by atoms with van der Waals surface area (Å²) in [7, 11) is 3.15. The van der Waals surface area contributed by atoms with E-state index >= 15 is 0 Å². The Hall–Kier alpha value is -3.11. The van der Waals surface area contributed by atoms with Crippen LogP contribution >= 0.6 is 0 Å². The second-order valence-corrected chi connectivity index (χ2v) is 10.1. The number of benzene rings is 2. The molecule has 0 fully saturated rings. The Morgan fingerprint density at radius 3 is 2.45 bits per heavy atom. The summed E-state index contributed by atoms with van der Waals surface area (Å²) in [6.45, 7) is 4.10. The molecule has 3 aromatic rings. The number of aromatic nitrogens is 2. The summed E-state index contributed by atoms with van der Waals surface area (Å²) in [6.07, 6.45) is 1.19. The van der Waals surface area contributed by atoms with Crippen molar-refractivity contribution in [2.75, 3.05) is 39.5 Å². The van der Waals surface area contributed by atoms with Crippen molar-refractivity contribution in [1.29, 1.82) is 0 Å². The highest BCUT2D eigenvalue weighted by atomic mass is 32.2. The van der Waals surface area contributed by atoms with Gasteiger partial charge in [0.25, 0.3) is 5.56 Å². The third-order valence-corrected chi connectivity index (χ3v) is 7.21. The Bertz CT molecular complexity index is 1340. The fraction of sp³-hybridized carbons (Fsp3) is 0.391. The van der Waals surface area contributed by atoms with Gasteiger partial charge in [0.15, 0.2) is 11.5 Å². The lowest BCUT2D eigenvalue weighted by Crippen LogP contribution is -2.28. The quantitative estimate of drug-likeness (QED) is 0.535. The first-order valence-electron chi connectivity index (χ1n) is 10.4. The Morgan fingerprint density at radius 1 is 1.15 bits per heavy atom. The fourth-order valence-electron chi connectivity index (χ4n) is 3.82. The van der Waals surface area contributed by atoms with Crippen molar-refractivity contribution < 1.29 is 17.9 Å². The fourth-order valence-corrected chi connectivity index (χ4v) is 4.51. The third kappa shape index (κ3) is 4.96. The van der Waals surface area contributed by atoms with Crippen molar-refractivity contribution in [1.82, 2.24) is 14.3 Å². The van der Waals surface area contributed by atoms with Crippen LogP contribution in [0.2, 0.25) is 0 Å². The van der Waals surface area contributed by atoms with Crippen molar-refractivity contribution in [3.8, 4) is 11.5 Å². The average Bonchev–Trinajstić information content (AvgIpc) is 2.76. The number of sulfonamides is 1. The van der Waals surface area contributed by atoms with Gasteiger partial charge in [0.1, 0.15) is 0 Å². The zero-order valence-corrected chi connectivity index (χ0v) is 20.8. The van der Waals surface area contributed by atoms with Crippen molar-refractivity contribution in [2.45, 2.75) is 26.4 Å². The van der Waals surface area contributed by atoms with Crippen LogP contribution in [-0.4, -0.2) is 57.3 Å². The van der Waals surface area contributed by atoms with Gasteiger partial charge in [0.05, 0.1) is 31.4 Å². The number of aryl methyl sites for hydroxylation is 1. The monoisotopic (exact) mass is 474 g/mol. The number of nitrogens with one attached hydrogen (secondary N) is 1. The number of aromatic amines is 1. The van der Waals surface area contributed by atoms with Crippen LogP contribution < -0.4 is 19.9 Å². The highest BCUT2D eigenvalue weighted by Crippen LogP contribution is 2.35. The molecular formula is C23H30N4O5S. The predicted octanol–water partition coefficient (Wildman–Crippen LogP) is 2.84. The summed E-state index contributed by atoms with van der Waals surface area (Å²) in [5.41, 5.74) is 2.73. The van der Waals surface area contributed by atoms with Crippen molar-refractivity contribution in [2.24, 2.45) is 0 Å². The Kier molecular flexibility index (Phi) is 6.99. The lowest BCUT2D eigenvalue weighted by atomic mass is 10.1. The first-order chi connectivity index (χ1) is 15.5. The highest BCUT2D eigenvalue weighted by Gasteiger charge is 2.21. The van der Waals surface area contributed by atoms with Gasteiger partial charge in [-0.1, -0.05) is 24.3 Å². The van der Waals surface area contributed by atoms with Gasteiger partial charge in [-0.3, -0.25) is 9.78 Å². The number of fused-ring (bicyclic) bond motifs is 1. The van der Waals surface area contributed by atoms with E-state index in [2.05, 4.69) is 9.97 Å². The van der Waals surface area contributed by atoms with Crippen LogP contribution in [0.25, 0.3) is 10.9 Å². The van der Waals surface area contributed by atoms with E-state index in [-0.39, 0.29) is 11.6 Å². The van der Waals surface area contributed by atoms with E-state index in [1.165, 1.54) is 17.7 Å². The molecule has 178 valence electrons. The molecule has 0 saturated heterocycles. The largest absolute Gasteiger partial charge is 0.493 e. The number of H-pyrrole nitrogens is 1. The van der Waals surface area contributed by atoms with Gasteiger partial charge in [-0.15, -0.1) is 0 Å². The molecule has 0 spiro atoms. The van der Waals surface area contributed by atoms with Crippen molar-refractivity contribution in [3.63, 3.8) is 0 Å². The molecule has 0 aliphatic heterocycles. The molecule has 0 bridgehead atoms. The van der Waals surface area contributed by atoms with Crippen LogP contribution in [0, 0.1) is 6.92 Å². The van der Waals surface area contributed by atoms with E-state index in [1.54, 1.807) is 27.1 Å². The zero-order valence-electron chi connectivity index (χ0n) is 20.0. The molecule has 0 aliphatic rings. The minimum absolute atomic E-state index is 0.266. The molecule has 10 heteroatoms. The summed E-state index contributed by atoms with van der Waals surface area (Å²) in [6, 6.07) is 9.08. The molecule has 1 unspecified atom stereocenters. The lowest BCUT2D eigenvalue weighted by molar-refractivity contribution is 0.354. The summed E-state index contributed by atoms with van der Waals surface area (Å²) < 4.78 is 35.9. The van der Waals surface area contributed by atoms with Gasteiger partial charge >= 0.3 is 0 Å². The molecule has 0 amide bonds. The van der Waals surface area contributed by atoms with Gasteiger partial charge in [-0.25, -0.2) is 13.4 Å². The second kappa shape index (κ2) is 9.40. The van der Waals surface area contributed by atoms with Gasteiger partial charge in [0.2, 0.25) is 16.0 Å². The normalized spacial score (nSPS) is 12.7. The third-order valence-electron chi connectivity index (χ3n) is 5.85. The maximum atomic E-state index is 12.9. The minimum Gasteiger partial charge on any atom is -0.493 e. The van der Waals surface area contributed by atoms with E-state index in [9.17, 15) is 13.2 Å². The number of nitrogens with zero attached hydrogens (tertiary/aromatic N) is 3. The Morgan fingerprint density at radius 2 is 1.85 bits per heavy atom. The topological polar surface area (TPSA) is 105 Å². The SMILES string of the molecule is COc1cc2nc(N(C)Cc3cccc(C(C)N(C)S(C)(=O)=O)c3)[nH]c(=O)c2c(C)c1OC. The number of rotatable bonds is 8. The van der Waals surface area contributed by atoms with Crippen molar-refractivity contribution >= 4 is 26.9 Å². The molecular weight excluding hydrogens is 444 g/mol. The maximum Gasteiger partial charge on any atom is 0.260 e. The van der Waals surface area contributed by atoms with Crippen LogP contribution in [0.3, 0.4) is 0 Å². The summed E-state index contributed by atoms with van der Waals surface area (Å²) in [5, 5.41) is 0.449. The summed E-state index contributed by atoms with van der Waals surface area (Å²) >= 11 is 0. The van der Waals surface area contributed by atoms with E-state index in [1.807, 2.05) is 43.1 Å². The van der Waals surface area contributed by atoms with Gasteiger partial charge in [-0.05, 0) is 25.0 Å². The number of hydrogen-bond acceptors (Lipinski definition) is 7. The lowest BCUT2D eigenvalue weighted by Gasteiger charge is -2.24. The molecule has 0 saturated carbocycles. The molecule has 2 aromatic carbocycles. The van der Waals surface area contributed by atoms with E-state index in [4.69, 9.17) is 9.47 Å². The molecule has 0 aliphatic carbocycles. The first kappa shape index (κ1) is 24.5. The number of methoxy groups -OCH3 is 2. The summed E-state index contributed by atoms with van der Waals surface area (Å²) in [4.78, 5) is 22.2. The molecule has 3 rings (SSSR count). The van der Waals surface area contributed by atoms with Crippen LogP contribution in [-0.2, 0) is 16.6 Å². The average molecular weight is 475 g/mol. The zero-order chi connectivity index (χ0) is 24.5. The van der Waals surface area contributed by atoms with E-state index in [0.29, 0.717) is 40.5 Å². The molecule has 33 heavy (non-hydrogen) atoms. The van der Waals surface area contributed by atoms with E-state index in [0.717, 1.165) is 11.1 Å². The van der Waals surface area contributed by atoms with Crippen LogP contribution in [0.1, 0.15) is 29.7 Å². The Labute approximate surface area is 194 Å². The minimum atomic E-state index is -3.32. The molecule has 1 N–H and O–H groups in total. The maximum absolute atomic E-state index is 12.9. The van der Waals surface area contributed by atoms with Crippen LogP contribution in [0.15, 0.2) is 35.1 Å². The van der Waals surface area contributed by atoms with Crippen molar-refractivity contribution in [3.05, 3.63) is 57.4 Å². The first-order valence-corrected chi connectivity index (χ1v) is 12.2. The van der Waals surface area contributed by atoms with Gasteiger partial charge < -0.3 is 14.4 Å². The molecule has 1 heterocycles. The molecule has 1 atom stereocenters. The smallest absolute Gasteiger partial charge is 0.260 e. The molecule has 0 radical (unpaired) electrons. The highest BCUT2D eigenvalue weighted by molar-refractivity contribution is 7.88. The standard InChI is InChI=1S/C23H30N4O5S/c1-14-20-18(12-19(31-5)21(14)32-6)24-23(25-22(20)28)26(3)13-16-9-8-10-17(11-16)15(2)27(4)33(7,29)30/h8-12,15H,13H2,1-7H3,(H,24,25,28). The van der Waals surface area contributed by atoms with E-state index < -0.39 is 10.0 Å². The van der Waals surface area contributed by atoms with Crippen LogP contribution in [0.4, 0.5) is 5.95 Å². The number of hydrogen-bond donors (Lipinski definition) is 1.